The van der Waals surface area contributed by atoms with Crippen molar-refractivity contribution >= 4 is 22.8 Å². The van der Waals surface area contributed by atoms with Gasteiger partial charge in [0.05, 0.1) is 12.2 Å². The second-order valence-electron chi connectivity index (χ2n) is 6.84. The average molecular weight is 366 g/mol. The number of fused-ring (bicyclic) bond motifs is 1. The smallest absolute Gasteiger partial charge is 0.416 e. The lowest BCUT2D eigenvalue weighted by Crippen LogP contribution is -2.50. The number of aromatic nitrogens is 1. The van der Waals surface area contributed by atoms with Crippen molar-refractivity contribution in [1.29, 1.82) is 0 Å². The molecule has 2 aliphatic rings. The van der Waals surface area contributed by atoms with Crippen LogP contribution in [0.1, 0.15) is 35.3 Å². The van der Waals surface area contributed by atoms with Crippen molar-refractivity contribution in [3.05, 3.63) is 35.5 Å². The number of nitrogens with zero attached hydrogens (tertiary/aromatic N) is 2. The molecule has 2 saturated heterocycles. The number of hydrogen-bond acceptors (Lipinski definition) is 3. The Morgan fingerprint density at radius 2 is 2.00 bits per heavy atom. The van der Waals surface area contributed by atoms with E-state index in [1.807, 2.05) is 0 Å². The fraction of sp³-hybridized carbons (Fsp3) is 0.444. The van der Waals surface area contributed by atoms with Crippen LogP contribution in [0.25, 0.3) is 10.9 Å². The van der Waals surface area contributed by atoms with Gasteiger partial charge in [0.2, 0.25) is 0 Å². The van der Waals surface area contributed by atoms with Gasteiger partial charge in [-0.05, 0) is 37.1 Å². The summed E-state index contributed by atoms with van der Waals surface area (Å²) in [5.41, 5.74) is -0.888. The van der Waals surface area contributed by atoms with E-state index in [-0.39, 0.29) is 24.2 Å². The van der Waals surface area contributed by atoms with Crippen LogP contribution in [0, 0.1) is 0 Å². The van der Waals surface area contributed by atoms with Crippen LogP contribution >= 0.6 is 0 Å². The van der Waals surface area contributed by atoms with Crippen molar-refractivity contribution in [3.8, 4) is 0 Å². The van der Waals surface area contributed by atoms with Crippen molar-refractivity contribution in [2.75, 3.05) is 13.2 Å². The Bertz CT molecular complexity index is 914. The van der Waals surface area contributed by atoms with Crippen molar-refractivity contribution in [2.24, 2.45) is 7.05 Å². The first-order chi connectivity index (χ1) is 12.2. The Labute approximate surface area is 147 Å². The van der Waals surface area contributed by atoms with Crippen LogP contribution in [0.3, 0.4) is 0 Å². The number of likely N-dealkylation sites (tertiary alicyclic amines) is 1. The number of benzene rings is 1. The fourth-order valence-corrected chi connectivity index (χ4v) is 4.06. The van der Waals surface area contributed by atoms with Gasteiger partial charge >= 0.3 is 12.1 Å². The summed E-state index contributed by atoms with van der Waals surface area (Å²) in [6.45, 7) is 0.718. The lowest BCUT2D eigenvalue weighted by molar-refractivity contribution is -0.145. The molecule has 26 heavy (non-hydrogen) atoms. The van der Waals surface area contributed by atoms with Crippen LogP contribution in [0.2, 0.25) is 0 Å². The molecule has 3 heterocycles. The third-order valence-corrected chi connectivity index (χ3v) is 5.45. The summed E-state index contributed by atoms with van der Waals surface area (Å²) in [7, 11) is 1.64. The van der Waals surface area contributed by atoms with E-state index >= 15 is 0 Å². The van der Waals surface area contributed by atoms with Gasteiger partial charge in [0.1, 0.15) is 11.2 Å². The van der Waals surface area contributed by atoms with Crippen molar-refractivity contribution < 1.29 is 27.5 Å². The Morgan fingerprint density at radius 1 is 1.23 bits per heavy atom. The van der Waals surface area contributed by atoms with Crippen molar-refractivity contribution in [1.82, 2.24) is 9.47 Å². The van der Waals surface area contributed by atoms with E-state index in [1.165, 1.54) is 17.0 Å². The van der Waals surface area contributed by atoms with Gasteiger partial charge in [-0.1, -0.05) is 0 Å². The van der Waals surface area contributed by atoms with Crippen LogP contribution in [0.4, 0.5) is 13.2 Å². The van der Waals surface area contributed by atoms with Gasteiger partial charge in [-0.3, -0.25) is 4.79 Å². The largest absolute Gasteiger partial charge is 0.464 e. The molecule has 1 spiro atoms. The number of esters is 1. The molecule has 4 rings (SSSR count). The second-order valence-corrected chi connectivity index (χ2v) is 6.84. The van der Waals surface area contributed by atoms with Gasteiger partial charge in [-0.2, -0.15) is 13.2 Å². The fourth-order valence-electron chi connectivity index (χ4n) is 4.06. The second kappa shape index (κ2) is 5.49. The van der Waals surface area contributed by atoms with Crippen LogP contribution in [-0.4, -0.2) is 40.0 Å². The van der Waals surface area contributed by atoms with E-state index in [0.717, 1.165) is 12.1 Å². The lowest BCUT2D eigenvalue weighted by atomic mass is 9.94. The molecule has 1 atom stereocenters. The van der Waals surface area contributed by atoms with Gasteiger partial charge in [-0.25, -0.2) is 4.79 Å². The molecule has 1 aromatic heterocycles. The summed E-state index contributed by atoms with van der Waals surface area (Å²) < 4.78 is 45.5. The molecule has 0 radical (unpaired) electrons. The number of aryl methyl sites for hydroxylation is 1. The topological polar surface area (TPSA) is 51.5 Å². The van der Waals surface area contributed by atoms with Crippen LogP contribution in [-0.2, 0) is 22.8 Å². The average Bonchev–Trinajstić information content (AvgIpc) is 3.26. The zero-order valence-corrected chi connectivity index (χ0v) is 14.1. The summed E-state index contributed by atoms with van der Waals surface area (Å²) >= 11 is 0. The maximum absolute atomic E-state index is 13.1. The van der Waals surface area contributed by atoms with Gasteiger partial charge < -0.3 is 14.2 Å². The molecule has 0 bridgehead atoms. The first-order valence-corrected chi connectivity index (χ1v) is 8.40. The highest BCUT2D eigenvalue weighted by molar-refractivity contribution is 6.02. The molecule has 0 N–H and O–H groups in total. The predicted octanol–water partition coefficient (Wildman–Crippen LogP) is 3.12. The summed E-state index contributed by atoms with van der Waals surface area (Å²) in [5.74, 6) is -0.741. The van der Waals surface area contributed by atoms with Gasteiger partial charge in [0.15, 0.2) is 0 Å². The van der Waals surface area contributed by atoms with Crippen LogP contribution in [0.15, 0.2) is 24.3 Å². The number of amides is 1. The van der Waals surface area contributed by atoms with Gasteiger partial charge in [0.25, 0.3) is 5.91 Å². The maximum Gasteiger partial charge on any atom is 0.416 e. The number of halogens is 3. The Kier molecular flexibility index (Phi) is 3.58. The van der Waals surface area contributed by atoms with Crippen molar-refractivity contribution in [2.45, 2.75) is 31.0 Å². The third kappa shape index (κ3) is 2.31. The zero-order chi connectivity index (χ0) is 18.7. The predicted molar refractivity (Wildman–Crippen MR) is 86.5 cm³/mol. The molecule has 1 unspecified atom stereocenters. The quantitative estimate of drug-likeness (QED) is 0.729. The molecule has 2 fully saturated rings. The van der Waals surface area contributed by atoms with E-state index in [4.69, 9.17) is 4.74 Å². The number of cyclic esters (lactones) is 1. The number of alkyl halides is 3. The molecule has 0 saturated carbocycles. The Balaban J connectivity index is 1.75. The summed E-state index contributed by atoms with van der Waals surface area (Å²) in [6, 6.07) is 4.86. The number of rotatable bonds is 1. The standard InChI is InChI=1S/C18H17F3N2O3/c1-22-13-4-3-12(18(19,20)21)9-11(13)10-14(22)15(24)23-7-2-5-17(23)6-8-26-16(17)25/h3-4,9-10H,2,5-8H2,1H3. The third-order valence-electron chi connectivity index (χ3n) is 5.45. The monoisotopic (exact) mass is 366 g/mol. The van der Waals surface area contributed by atoms with Crippen LogP contribution < -0.4 is 0 Å². The molecular weight excluding hydrogens is 349 g/mol. The van der Waals surface area contributed by atoms with E-state index < -0.39 is 17.3 Å². The molecule has 2 aliphatic heterocycles. The molecule has 2 aromatic rings. The molecule has 5 nitrogen and oxygen atoms in total. The van der Waals surface area contributed by atoms with E-state index in [2.05, 4.69) is 0 Å². The number of carbonyl (C=O) groups is 2. The molecule has 1 amide bonds. The minimum absolute atomic E-state index is 0.264. The first kappa shape index (κ1) is 16.9. The number of hydrogen-bond donors (Lipinski definition) is 0. The number of ether oxygens (including phenoxy) is 1. The summed E-state index contributed by atoms with van der Waals surface area (Å²) in [4.78, 5) is 26.8. The molecule has 0 aliphatic carbocycles. The normalized spacial score (nSPS) is 23.2. The Morgan fingerprint density at radius 3 is 2.65 bits per heavy atom. The van der Waals surface area contributed by atoms with Crippen LogP contribution in [0.5, 0.6) is 0 Å². The molecule has 1 aromatic carbocycles. The van der Waals surface area contributed by atoms with E-state index in [1.54, 1.807) is 11.6 Å². The summed E-state index contributed by atoms with van der Waals surface area (Å²) in [5, 5.41) is 0.341. The minimum Gasteiger partial charge on any atom is -0.464 e. The van der Waals surface area contributed by atoms with E-state index in [9.17, 15) is 22.8 Å². The van der Waals surface area contributed by atoms with E-state index in [0.29, 0.717) is 36.7 Å². The highest BCUT2D eigenvalue weighted by Gasteiger charge is 2.54. The van der Waals surface area contributed by atoms with Gasteiger partial charge in [-0.15, -0.1) is 0 Å². The lowest BCUT2D eigenvalue weighted by Gasteiger charge is -2.31. The maximum atomic E-state index is 13.1. The summed E-state index contributed by atoms with van der Waals surface area (Å²) in [6.07, 6.45) is -2.73. The molecule has 138 valence electrons. The van der Waals surface area contributed by atoms with Crippen molar-refractivity contribution in [3.63, 3.8) is 0 Å². The zero-order valence-electron chi connectivity index (χ0n) is 14.1. The first-order valence-electron chi connectivity index (χ1n) is 8.40. The minimum atomic E-state index is -4.44. The molecular formula is C18H17F3N2O3. The van der Waals surface area contributed by atoms with Gasteiger partial charge in [0, 0.05) is 30.9 Å². The number of carbonyl (C=O) groups excluding carboxylic acids is 2. The SMILES string of the molecule is Cn1c(C(=O)N2CCCC23CCOC3=O)cc2cc(C(F)(F)F)ccc21. The Hall–Kier alpha value is -2.51. The highest BCUT2D eigenvalue weighted by Crippen LogP contribution is 2.39. The highest BCUT2D eigenvalue weighted by atomic mass is 19.4. The molecule has 8 heteroatoms.